The van der Waals surface area contributed by atoms with E-state index in [-0.39, 0.29) is 0 Å². The molecule has 0 saturated heterocycles. The monoisotopic (exact) mass is 432 g/mol. The van der Waals surface area contributed by atoms with Crippen LogP contribution in [0.4, 0.5) is 0 Å². The van der Waals surface area contributed by atoms with Gasteiger partial charge in [0.25, 0.3) is 0 Å². The van der Waals surface area contributed by atoms with Crippen molar-refractivity contribution in [3.05, 3.63) is 96.1 Å². The van der Waals surface area contributed by atoms with Crippen molar-refractivity contribution in [2.75, 3.05) is 0 Å². The molecular weight excluding hydrogens is 404 g/mol. The van der Waals surface area contributed by atoms with Crippen LogP contribution < -0.4 is 0 Å². The average Bonchev–Trinajstić information content (AvgIpc) is 3.35. The zero-order valence-electron chi connectivity index (χ0n) is 19.2. The number of benzene rings is 4. The molecule has 2 heterocycles. The van der Waals surface area contributed by atoms with Crippen LogP contribution in [0.1, 0.15) is 25.0 Å². The SMILES string of the molecule is CCn1c2ccccc2c2cc(COCc3ccc4c(c3)c3ccccc3n4CC)ccc21. The van der Waals surface area contributed by atoms with Crippen molar-refractivity contribution in [3.8, 4) is 0 Å². The first-order valence-electron chi connectivity index (χ1n) is 11.9. The topological polar surface area (TPSA) is 19.1 Å². The molecule has 2 aromatic heterocycles. The number of ether oxygens (including phenoxy) is 1. The Morgan fingerprint density at radius 2 is 0.939 bits per heavy atom. The number of aromatic nitrogens is 2. The van der Waals surface area contributed by atoms with Crippen molar-refractivity contribution in [2.24, 2.45) is 0 Å². The van der Waals surface area contributed by atoms with E-state index < -0.39 is 0 Å². The van der Waals surface area contributed by atoms with Crippen molar-refractivity contribution in [1.29, 1.82) is 0 Å². The molecule has 33 heavy (non-hydrogen) atoms. The van der Waals surface area contributed by atoms with Crippen molar-refractivity contribution in [3.63, 3.8) is 0 Å². The van der Waals surface area contributed by atoms with E-state index in [4.69, 9.17) is 4.74 Å². The molecule has 6 rings (SSSR count). The molecule has 0 atom stereocenters. The van der Waals surface area contributed by atoms with Crippen molar-refractivity contribution >= 4 is 43.6 Å². The van der Waals surface area contributed by atoms with E-state index in [2.05, 4.69) is 108 Å². The van der Waals surface area contributed by atoms with E-state index in [0.29, 0.717) is 13.2 Å². The molecule has 0 saturated carbocycles. The highest BCUT2D eigenvalue weighted by molar-refractivity contribution is 6.09. The van der Waals surface area contributed by atoms with Gasteiger partial charge in [0.1, 0.15) is 0 Å². The van der Waals surface area contributed by atoms with Crippen LogP contribution in [0.5, 0.6) is 0 Å². The number of aryl methyl sites for hydroxylation is 2. The zero-order valence-corrected chi connectivity index (χ0v) is 19.2. The van der Waals surface area contributed by atoms with Crippen molar-refractivity contribution in [2.45, 2.75) is 40.2 Å². The Labute approximate surface area is 193 Å². The van der Waals surface area contributed by atoms with E-state index in [1.165, 1.54) is 54.7 Å². The Hall–Kier alpha value is -3.56. The maximum Gasteiger partial charge on any atom is 0.0721 e. The van der Waals surface area contributed by atoms with Gasteiger partial charge in [0, 0.05) is 56.7 Å². The van der Waals surface area contributed by atoms with Crippen LogP contribution in [-0.2, 0) is 31.0 Å². The van der Waals surface area contributed by atoms with Gasteiger partial charge in [0.05, 0.1) is 13.2 Å². The van der Waals surface area contributed by atoms with E-state index in [1.54, 1.807) is 0 Å². The molecule has 0 unspecified atom stereocenters. The van der Waals surface area contributed by atoms with Gasteiger partial charge < -0.3 is 13.9 Å². The highest BCUT2D eigenvalue weighted by atomic mass is 16.5. The van der Waals surface area contributed by atoms with Crippen LogP contribution in [0.3, 0.4) is 0 Å². The quantitative estimate of drug-likeness (QED) is 0.264. The number of para-hydroxylation sites is 2. The first-order valence-corrected chi connectivity index (χ1v) is 11.9. The third-order valence-electron chi connectivity index (χ3n) is 6.84. The summed E-state index contributed by atoms with van der Waals surface area (Å²) >= 11 is 0. The van der Waals surface area contributed by atoms with Gasteiger partial charge in [-0.1, -0.05) is 48.5 Å². The summed E-state index contributed by atoms with van der Waals surface area (Å²) in [6.07, 6.45) is 0. The molecule has 0 bridgehead atoms. The molecule has 0 N–H and O–H groups in total. The second-order valence-corrected chi connectivity index (χ2v) is 8.72. The number of hydrogen-bond donors (Lipinski definition) is 0. The minimum absolute atomic E-state index is 0.607. The minimum Gasteiger partial charge on any atom is -0.372 e. The molecule has 164 valence electrons. The summed E-state index contributed by atoms with van der Waals surface area (Å²) in [4.78, 5) is 0. The smallest absolute Gasteiger partial charge is 0.0721 e. The highest BCUT2D eigenvalue weighted by Gasteiger charge is 2.11. The van der Waals surface area contributed by atoms with Gasteiger partial charge in [-0.05, 0) is 61.4 Å². The fourth-order valence-electron chi connectivity index (χ4n) is 5.35. The molecule has 0 aliphatic carbocycles. The van der Waals surface area contributed by atoms with Crippen LogP contribution in [-0.4, -0.2) is 9.13 Å². The minimum atomic E-state index is 0.607. The van der Waals surface area contributed by atoms with Crippen molar-refractivity contribution < 1.29 is 4.74 Å². The molecule has 4 aromatic carbocycles. The first-order chi connectivity index (χ1) is 16.3. The summed E-state index contributed by atoms with van der Waals surface area (Å²) < 4.78 is 11.0. The predicted molar refractivity (Wildman–Crippen MR) is 139 cm³/mol. The van der Waals surface area contributed by atoms with Gasteiger partial charge in [-0.2, -0.15) is 0 Å². The van der Waals surface area contributed by atoms with E-state index >= 15 is 0 Å². The summed E-state index contributed by atoms with van der Waals surface area (Å²) in [6, 6.07) is 30.8. The zero-order chi connectivity index (χ0) is 22.4. The van der Waals surface area contributed by atoms with E-state index in [9.17, 15) is 0 Å². The van der Waals surface area contributed by atoms with Gasteiger partial charge in [-0.15, -0.1) is 0 Å². The first kappa shape index (κ1) is 20.1. The molecule has 0 radical (unpaired) electrons. The fraction of sp³-hybridized carbons (Fsp3) is 0.200. The standard InChI is InChI=1S/C30H28N2O/c1-3-31-27-11-7-5-9-23(27)25-17-21(13-15-29(25)31)19-33-20-22-14-16-30-26(18-22)24-10-6-8-12-28(24)32(30)4-2/h5-18H,3-4,19-20H2,1-2H3. The van der Waals surface area contributed by atoms with Gasteiger partial charge in [0.15, 0.2) is 0 Å². The van der Waals surface area contributed by atoms with Crippen LogP contribution in [0, 0.1) is 0 Å². The van der Waals surface area contributed by atoms with Crippen molar-refractivity contribution in [1.82, 2.24) is 9.13 Å². The number of nitrogens with zero attached hydrogens (tertiary/aromatic N) is 2. The Morgan fingerprint density at radius 1 is 0.515 bits per heavy atom. The Morgan fingerprint density at radius 3 is 1.39 bits per heavy atom. The predicted octanol–water partition coefficient (Wildman–Crippen LogP) is 7.66. The molecule has 6 aromatic rings. The normalized spacial score (nSPS) is 11.9. The number of fused-ring (bicyclic) bond motifs is 6. The molecule has 0 aliphatic rings. The highest BCUT2D eigenvalue weighted by Crippen LogP contribution is 2.31. The molecule has 0 aliphatic heterocycles. The van der Waals surface area contributed by atoms with Crippen LogP contribution >= 0.6 is 0 Å². The second kappa shape index (κ2) is 8.09. The summed E-state index contributed by atoms with van der Waals surface area (Å²) in [5.41, 5.74) is 7.61. The number of hydrogen-bond acceptors (Lipinski definition) is 1. The van der Waals surface area contributed by atoms with E-state index in [0.717, 1.165) is 13.1 Å². The lowest BCUT2D eigenvalue weighted by molar-refractivity contribution is 0.107. The maximum atomic E-state index is 6.18. The van der Waals surface area contributed by atoms with E-state index in [1.807, 2.05) is 0 Å². The molecule has 0 fully saturated rings. The Bertz CT molecular complexity index is 1500. The molecule has 0 amide bonds. The lowest BCUT2D eigenvalue weighted by atomic mass is 10.1. The molecule has 3 heteroatoms. The number of rotatable bonds is 6. The van der Waals surface area contributed by atoms with Crippen LogP contribution in [0.15, 0.2) is 84.9 Å². The second-order valence-electron chi connectivity index (χ2n) is 8.72. The van der Waals surface area contributed by atoms with Gasteiger partial charge >= 0.3 is 0 Å². The average molecular weight is 433 g/mol. The van der Waals surface area contributed by atoms with Gasteiger partial charge in [-0.25, -0.2) is 0 Å². The molecular formula is C30H28N2O. The molecule has 3 nitrogen and oxygen atoms in total. The Balaban J connectivity index is 1.27. The third-order valence-corrected chi connectivity index (χ3v) is 6.84. The maximum absolute atomic E-state index is 6.18. The van der Waals surface area contributed by atoms with Crippen LogP contribution in [0.2, 0.25) is 0 Å². The van der Waals surface area contributed by atoms with Crippen LogP contribution in [0.25, 0.3) is 43.6 Å². The summed E-state index contributed by atoms with van der Waals surface area (Å²) in [5, 5.41) is 5.24. The lowest BCUT2D eigenvalue weighted by Gasteiger charge is -2.07. The van der Waals surface area contributed by atoms with Gasteiger partial charge in [0.2, 0.25) is 0 Å². The fourth-order valence-corrected chi connectivity index (χ4v) is 5.35. The third kappa shape index (κ3) is 3.23. The lowest BCUT2D eigenvalue weighted by Crippen LogP contribution is -1.96. The largest absolute Gasteiger partial charge is 0.372 e. The summed E-state index contributed by atoms with van der Waals surface area (Å²) in [7, 11) is 0. The summed E-state index contributed by atoms with van der Waals surface area (Å²) in [6.45, 7) is 7.56. The molecule has 0 spiro atoms. The summed E-state index contributed by atoms with van der Waals surface area (Å²) in [5.74, 6) is 0. The van der Waals surface area contributed by atoms with Gasteiger partial charge in [-0.3, -0.25) is 0 Å². The Kier molecular flexibility index (Phi) is 4.92.